The summed E-state index contributed by atoms with van der Waals surface area (Å²) in [5.74, 6) is 0.814. The molecule has 0 aromatic heterocycles. The summed E-state index contributed by atoms with van der Waals surface area (Å²) in [6.07, 6.45) is 3.79. The number of hydrogen-bond donors (Lipinski definition) is 0. The molecule has 1 saturated carbocycles. The first-order chi connectivity index (χ1) is 7.65. The molecular weight excluding hydrogens is 220 g/mol. The molecule has 0 bridgehead atoms. The van der Waals surface area contributed by atoms with Crippen LogP contribution < -0.4 is 0 Å². The minimum absolute atomic E-state index is 0.164. The van der Waals surface area contributed by atoms with Crippen LogP contribution in [0.1, 0.15) is 37.7 Å². The van der Waals surface area contributed by atoms with Crippen molar-refractivity contribution >= 4 is 17.9 Å². The first-order valence-electron chi connectivity index (χ1n) is 5.86. The highest BCUT2D eigenvalue weighted by Gasteiger charge is 2.41. The number of halogens is 1. The number of carbonyl (C=O) groups excluding carboxylic acids is 1. The highest BCUT2D eigenvalue weighted by atomic mass is 35.5. The van der Waals surface area contributed by atoms with E-state index < -0.39 is 4.87 Å². The van der Waals surface area contributed by atoms with Crippen molar-refractivity contribution in [1.82, 2.24) is 0 Å². The van der Waals surface area contributed by atoms with E-state index in [0.717, 1.165) is 25.5 Å². The van der Waals surface area contributed by atoms with Gasteiger partial charge in [0.2, 0.25) is 0 Å². The smallest absolute Gasteiger partial charge is 0.141 e. The minimum Gasteiger partial charge on any atom is -0.301 e. The highest BCUT2D eigenvalue weighted by Crippen LogP contribution is 2.46. The van der Waals surface area contributed by atoms with E-state index in [4.69, 9.17) is 11.6 Å². The van der Waals surface area contributed by atoms with Crippen LogP contribution in [0, 0.1) is 5.92 Å². The van der Waals surface area contributed by atoms with Gasteiger partial charge in [-0.3, -0.25) is 0 Å². The van der Waals surface area contributed by atoms with Crippen molar-refractivity contribution in [2.75, 3.05) is 0 Å². The van der Waals surface area contributed by atoms with Gasteiger partial charge in [0.25, 0.3) is 0 Å². The van der Waals surface area contributed by atoms with E-state index in [1.807, 2.05) is 18.2 Å². The maximum absolute atomic E-state index is 11.2. The van der Waals surface area contributed by atoms with Gasteiger partial charge in [-0.05, 0) is 30.7 Å². The summed E-state index contributed by atoms with van der Waals surface area (Å²) in [4.78, 5) is 10.6. The molecule has 1 aromatic carbocycles. The zero-order valence-electron chi connectivity index (χ0n) is 9.53. The van der Waals surface area contributed by atoms with Gasteiger partial charge in [0.15, 0.2) is 0 Å². The van der Waals surface area contributed by atoms with Crippen LogP contribution in [0.5, 0.6) is 0 Å². The van der Waals surface area contributed by atoms with Gasteiger partial charge in [-0.15, -0.1) is 11.6 Å². The van der Waals surface area contributed by atoms with E-state index in [9.17, 15) is 4.79 Å². The Kier molecular flexibility index (Phi) is 3.34. The van der Waals surface area contributed by atoms with Crippen molar-refractivity contribution in [3.8, 4) is 0 Å². The molecule has 1 aliphatic carbocycles. The maximum Gasteiger partial charge on any atom is 0.141 e. The Hall–Kier alpha value is -0.820. The molecule has 0 radical (unpaired) electrons. The summed E-state index contributed by atoms with van der Waals surface area (Å²) in [7, 11) is 0. The second kappa shape index (κ2) is 4.58. The van der Waals surface area contributed by atoms with Crippen molar-refractivity contribution in [3.05, 3.63) is 35.9 Å². The fourth-order valence-corrected chi connectivity index (χ4v) is 2.92. The lowest BCUT2D eigenvalue weighted by Crippen LogP contribution is -2.37. The third-order valence-corrected chi connectivity index (χ3v) is 4.18. The Bertz CT molecular complexity index is 362. The monoisotopic (exact) mass is 236 g/mol. The first kappa shape index (κ1) is 11.7. The van der Waals surface area contributed by atoms with E-state index in [0.29, 0.717) is 5.92 Å². The van der Waals surface area contributed by atoms with Crippen LogP contribution in [0.25, 0.3) is 0 Å². The van der Waals surface area contributed by atoms with Gasteiger partial charge in [-0.25, -0.2) is 0 Å². The number of alkyl halides is 1. The van der Waals surface area contributed by atoms with Crippen LogP contribution >= 0.6 is 11.6 Å². The molecule has 0 N–H and O–H groups in total. The zero-order chi connectivity index (χ0) is 11.6. The van der Waals surface area contributed by atoms with Gasteiger partial charge in [0.1, 0.15) is 11.2 Å². The van der Waals surface area contributed by atoms with Crippen molar-refractivity contribution in [3.63, 3.8) is 0 Å². The third-order valence-electron chi connectivity index (χ3n) is 3.64. The Morgan fingerprint density at radius 2 is 2.06 bits per heavy atom. The Morgan fingerprint density at radius 3 is 2.69 bits per heavy atom. The number of hydrogen-bond acceptors (Lipinski definition) is 1. The van der Waals surface area contributed by atoms with E-state index in [2.05, 4.69) is 19.1 Å². The van der Waals surface area contributed by atoms with E-state index >= 15 is 0 Å². The van der Waals surface area contributed by atoms with Crippen molar-refractivity contribution in [2.24, 2.45) is 5.92 Å². The molecule has 1 nitrogen and oxygen atoms in total. The van der Waals surface area contributed by atoms with Crippen molar-refractivity contribution in [2.45, 2.75) is 37.0 Å². The van der Waals surface area contributed by atoms with Crippen LogP contribution in [0.2, 0.25) is 0 Å². The fourth-order valence-electron chi connectivity index (χ4n) is 2.60. The molecule has 3 unspecified atom stereocenters. The summed E-state index contributed by atoms with van der Waals surface area (Å²) in [5.41, 5.74) is 1.19. The van der Waals surface area contributed by atoms with Crippen LogP contribution in [0.3, 0.4) is 0 Å². The topological polar surface area (TPSA) is 17.1 Å². The molecule has 0 amide bonds. The molecule has 3 atom stereocenters. The average Bonchev–Trinajstić information content (AvgIpc) is 2.33. The molecule has 0 spiro atoms. The molecule has 16 heavy (non-hydrogen) atoms. The Morgan fingerprint density at radius 1 is 1.38 bits per heavy atom. The van der Waals surface area contributed by atoms with E-state index in [1.165, 1.54) is 5.56 Å². The average molecular weight is 237 g/mol. The van der Waals surface area contributed by atoms with Crippen LogP contribution in [-0.4, -0.2) is 11.2 Å². The van der Waals surface area contributed by atoms with Gasteiger partial charge in [-0.2, -0.15) is 0 Å². The zero-order valence-corrected chi connectivity index (χ0v) is 10.3. The number of carbonyl (C=O) groups is 1. The van der Waals surface area contributed by atoms with Crippen molar-refractivity contribution in [1.29, 1.82) is 0 Å². The first-order valence-corrected chi connectivity index (χ1v) is 6.24. The summed E-state index contributed by atoms with van der Waals surface area (Å²) in [5, 5.41) is 0. The quantitative estimate of drug-likeness (QED) is 0.564. The summed E-state index contributed by atoms with van der Waals surface area (Å²) in [6, 6.07) is 10.2. The summed E-state index contributed by atoms with van der Waals surface area (Å²) in [6.45, 7) is 2.23. The number of rotatable bonds is 2. The lowest BCUT2D eigenvalue weighted by Gasteiger charge is -2.38. The third kappa shape index (κ3) is 2.15. The minimum atomic E-state index is -0.687. The molecule has 2 rings (SSSR count). The lowest BCUT2D eigenvalue weighted by molar-refractivity contribution is -0.111. The van der Waals surface area contributed by atoms with Crippen LogP contribution in [0.4, 0.5) is 0 Å². The second-order valence-electron chi connectivity index (χ2n) is 4.89. The predicted octanol–water partition coefficient (Wildman–Crippen LogP) is 3.77. The van der Waals surface area contributed by atoms with Gasteiger partial charge >= 0.3 is 0 Å². The van der Waals surface area contributed by atoms with E-state index in [-0.39, 0.29) is 5.92 Å². The predicted molar refractivity (Wildman–Crippen MR) is 66.8 cm³/mol. The second-order valence-corrected chi connectivity index (χ2v) is 5.59. The molecule has 0 aliphatic heterocycles. The molecule has 86 valence electrons. The van der Waals surface area contributed by atoms with Gasteiger partial charge in [0, 0.05) is 5.92 Å². The van der Waals surface area contributed by atoms with Crippen LogP contribution in [-0.2, 0) is 4.79 Å². The standard InChI is InChI=1S/C14H17ClO/c1-11-7-8-14(15,10-16)13(9-11)12-5-3-2-4-6-12/h2-6,10-11,13H,7-9H2,1H3. The molecular formula is C14H17ClO. The fraction of sp³-hybridized carbons (Fsp3) is 0.500. The largest absolute Gasteiger partial charge is 0.301 e. The summed E-state index contributed by atoms with van der Waals surface area (Å²) < 4.78 is 0. The number of aldehydes is 1. The highest BCUT2D eigenvalue weighted by molar-refractivity contribution is 6.32. The Labute approximate surface area is 102 Å². The maximum atomic E-state index is 11.2. The van der Waals surface area contributed by atoms with Crippen LogP contribution in [0.15, 0.2) is 30.3 Å². The molecule has 2 heteroatoms. The normalized spacial score (nSPS) is 34.6. The van der Waals surface area contributed by atoms with E-state index in [1.54, 1.807) is 0 Å². The number of benzene rings is 1. The molecule has 0 saturated heterocycles. The SMILES string of the molecule is CC1CCC(Cl)(C=O)C(c2ccccc2)C1. The summed E-state index contributed by atoms with van der Waals surface area (Å²) >= 11 is 6.46. The Balaban J connectivity index is 2.31. The van der Waals surface area contributed by atoms with Gasteiger partial charge in [0.05, 0.1) is 0 Å². The molecule has 1 aliphatic rings. The molecule has 1 aromatic rings. The molecule has 0 heterocycles. The molecule has 1 fully saturated rings. The van der Waals surface area contributed by atoms with Crippen molar-refractivity contribution < 1.29 is 4.79 Å². The lowest BCUT2D eigenvalue weighted by atomic mass is 9.71. The van der Waals surface area contributed by atoms with Gasteiger partial charge < -0.3 is 4.79 Å². The van der Waals surface area contributed by atoms with Gasteiger partial charge in [-0.1, -0.05) is 37.3 Å².